The molecule has 1 rings (SSSR count). The summed E-state index contributed by atoms with van der Waals surface area (Å²) in [5, 5.41) is 11.1. The highest BCUT2D eigenvalue weighted by molar-refractivity contribution is 7.89. The molecule has 10 heteroatoms. The molecule has 0 bridgehead atoms. The predicted molar refractivity (Wildman–Crippen MR) is 88.7 cm³/mol. The van der Waals surface area contributed by atoms with E-state index in [2.05, 4.69) is 15.6 Å². The standard InChI is InChI=1S/C13H27N5O4S/c1-5-15-11(16-6-7-23(14,20)21)17-10-8-18(9-10)12(19)22-13(2,3)4/h10H,5-9H2,1-4H3,(H2,14,20,21)(H2,15,16,17). The smallest absolute Gasteiger partial charge is 0.410 e. The van der Waals surface area contributed by atoms with Crippen molar-refractivity contribution in [3.8, 4) is 0 Å². The zero-order valence-electron chi connectivity index (χ0n) is 14.1. The Morgan fingerprint density at radius 3 is 2.48 bits per heavy atom. The van der Waals surface area contributed by atoms with Gasteiger partial charge in [-0.25, -0.2) is 18.4 Å². The Hall–Kier alpha value is -1.55. The van der Waals surface area contributed by atoms with Crippen LogP contribution in [0.4, 0.5) is 4.79 Å². The van der Waals surface area contributed by atoms with Crippen LogP contribution in [0.3, 0.4) is 0 Å². The van der Waals surface area contributed by atoms with Gasteiger partial charge in [0, 0.05) is 19.6 Å². The van der Waals surface area contributed by atoms with Crippen molar-refractivity contribution < 1.29 is 17.9 Å². The number of carbonyl (C=O) groups excluding carboxylic acids is 1. The lowest BCUT2D eigenvalue weighted by Gasteiger charge is -2.40. The number of primary sulfonamides is 1. The molecular weight excluding hydrogens is 322 g/mol. The summed E-state index contributed by atoms with van der Waals surface area (Å²) in [5.74, 6) is 0.295. The Bertz CT molecular complexity index is 535. The minimum atomic E-state index is -3.52. The van der Waals surface area contributed by atoms with Crippen molar-refractivity contribution in [2.75, 3.05) is 31.9 Å². The monoisotopic (exact) mass is 349 g/mol. The van der Waals surface area contributed by atoms with E-state index in [0.29, 0.717) is 25.6 Å². The molecule has 134 valence electrons. The van der Waals surface area contributed by atoms with E-state index in [0.717, 1.165) is 0 Å². The minimum absolute atomic E-state index is 0.0507. The average Bonchev–Trinajstić information content (AvgIpc) is 2.28. The molecule has 1 aliphatic rings. The molecule has 0 aromatic heterocycles. The molecule has 4 N–H and O–H groups in total. The Kier molecular flexibility index (Phi) is 6.63. The fourth-order valence-electron chi connectivity index (χ4n) is 1.84. The second-order valence-electron chi connectivity index (χ2n) is 6.35. The van der Waals surface area contributed by atoms with Crippen molar-refractivity contribution in [1.29, 1.82) is 0 Å². The number of hydrogen-bond acceptors (Lipinski definition) is 5. The fourth-order valence-corrected chi connectivity index (χ4v) is 2.19. The largest absolute Gasteiger partial charge is 0.444 e. The number of carbonyl (C=O) groups is 1. The first-order valence-corrected chi connectivity index (χ1v) is 9.25. The van der Waals surface area contributed by atoms with Gasteiger partial charge in [0.25, 0.3) is 0 Å². The van der Waals surface area contributed by atoms with E-state index in [4.69, 9.17) is 9.88 Å². The lowest BCUT2D eigenvalue weighted by molar-refractivity contribution is 0.00700. The van der Waals surface area contributed by atoms with E-state index >= 15 is 0 Å². The van der Waals surface area contributed by atoms with Crippen molar-refractivity contribution in [2.45, 2.75) is 39.3 Å². The summed E-state index contributed by atoms with van der Waals surface area (Å²) in [6.45, 7) is 9.11. The molecule has 0 saturated carbocycles. The lowest BCUT2D eigenvalue weighted by Crippen LogP contribution is -2.63. The van der Waals surface area contributed by atoms with Gasteiger partial charge in [0.2, 0.25) is 10.0 Å². The predicted octanol–water partition coefficient (Wildman–Crippen LogP) is -0.551. The number of sulfonamides is 1. The highest BCUT2D eigenvalue weighted by Crippen LogP contribution is 2.15. The van der Waals surface area contributed by atoms with Gasteiger partial charge in [-0.2, -0.15) is 0 Å². The number of amides is 1. The third-order valence-electron chi connectivity index (χ3n) is 2.86. The van der Waals surface area contributed by atoms with Gasteiger partial charge < -0.3 is 20.3 Å². The summed E-state index contributed by atoms with van der Waals surface area (Å²) in [6, 6.07) is 0.0507. The second kappa shape index (κ2) is 7.82. The highest BCUT2D eigenvalue weighted by atomic mass is 32.2. The molecule has 0 unspecified atom stereocenters. The molecule has 1 saturated heterocycles. The Balaban J connectivity index is 2.42. The summed E-state index contributed by atoms with van der Waals surface area (Å²) in [6.07, 6.45) is -0.341. The van der Waals surface area contributed by atoms with E-state index in [1.807, 2.05) is 27.7 Å². The third kappa shape index (κ3) is 8.03. The van der Waals surface area contributed by atoms with Gasteiger partial charge in [-0.05, 0) is 27.7 Å². The summed E-state index contributed by atoms with van der Waals surface area (Å²) in [7, 11) is -3.52. The number of rotatable bonds is 5. The average molecular weight is 349 g/mol. The Morgan fingerprint density at radius 1 is 1.39 bits per heavy atom. The molecule has 0 aromatic carbocycles. The molecule has 0 aliphatic carbocycles. The minimum Gasteiger partial charge on any atom is -0.444 e. The lowest BCUT2D eigenvalue weighted by atomic mass is 10.1. The number of ether oxygens (including phenoxy) is 1. The first-order valence-electron chi connectivity index (χ1n) is 7.53. The van der Waals surface area contributed by atoms with Crippen molar-refractivity contribution in [1.82, 2.24) is 15.5 Å². The maximum atomic E-state index is 11.8. The summed E-state index contributed by atoms with van der Waals surface area (Å²) in [5.41, 5.74) is -0.514. The molecule has 0 radical (unpaired) electrons. The molecule has 9 nitrogen and oxygen atoms in total. The third-order valence-corrected chi connectivity index (χ3v) is 3.62. The van der Waals surface area contributed by atoms with Crippen molar-refractivity contribution >= 4 is 22.1 Å². The van der Waals surface area contributed by atoms with Crippen LogP contribution >= 0.6 is 0 Å². The molecule has 1 amide bonds. The number of likely N-dealkylation sites (tertiary alicyclic amines) is 1. The van der Waals surface area contributed by atoms with Crippen LogP contribution in [0.25, 0.3) is 0 Å². The normalized spacial score (nSPS) is 16.7. The van der Waals surface area contributed by atoms with Crippen LogP contribution in [0.2, 0.25) is 0 Å². The van der Waals surface area contributed by atoms with E-state index in [-0.39, 0.29) is 24.4 Å². The molecule has 0 atom stereocenters. The Labute approximate surface area is 137 Å². The quantitative estimate of drug-likeness (QED) is 0.451. The van der Waals surface area contributed by atoms with Crippen LogP contribution < -0.4 is 15.8 Å². The van der Waals surface area contributed by atoms with Gasteiger partial charge in [-0.1, -0.05) is 0 Å². The number of aliphatic imine (C=N–C) groups is 1. The van der Waals surface area contributed by atoms with E-state index < -0.39 is 15.6 Å². The number of hydrogen-bond donors (Lipinski definition) is 3. The molecule has 1 aliphatic heterocycles. The van der Waals surface area contributed by atoms with Crippen LogP contribution in [0, 0.1) is 0 Å². The van der Waals surface area contributed by atoms with E-state index in [9.17, 15) is 13.2 Å². The molecular formula is C13H27N5O4S. The highest BCUT2D eigenvalue weighted by Gasteiger charge is 2.34. The van der Waals surface area contributed by atoms with Crippen LogP contribution in [0.5, 0.6) is 0 Å². The van der Waals surface area contributed by atoms with Crippen molar-refractivity contribution in [3.63, 3.8) is 0 Å². The first-order chi connectivity index (χ1) is 10.5. The summed E-state index contributed by atoms with van der Waals surface area (Å²) in [4.78, 5) is 17.6. The van der Waals surface area contributed by atoms with Crippen LogP contribution in [0.15, 0.2) is 4.99 Å². The molecule has 23 heavy (non-hydrogen) atoms. The van der Waals surface area contributed by atoms with Gasteiger partial charge >= 0.3 is 6.09 Å². The van der Waals surface area contributed by atoms with Crippen LogP contribution in [-0.4, -0.2) is 68.9 Å². The van der Waals surface area contributed by atoms with Gasteiger partial charge in [0.05, 0.1) is 18.3 Å². The van der Waals surface area contributed by atoms with Crippen molar-refractivity contribution in [2.24, 2.45) is 10.1 Å². The van der Waals surface area contributed by atoms with Crippen molar-refractivity contribution in [3.05, 3.63) is 0 Å². The van der Waals surface area contributed by atoms with Crippen LogP contribution in [-0.2, 0) is 14.8 Å². The molecule has 0 spiro atoms. The number of nitrogens with zero attached hydrogens (tertiary/aromatic N) is 2. The maximum Gasteiger partial charge on any atom is 0.410 e. The van der Waals surface area contributed by atoms with Gasteiger partial charge in [0.1, 0.15) is 5.60 Å². The number of guanidine groups is 1. The maximum absolute atomic E-state index is 11.8. The summed E-state index contributed by atoms with van der Waals surface area (Å²) >= 11 is 0. The Morgan fingerprint density at radius 2 is 2.00 bits per heavy atom. The molecule has 1 heterocycles. The number of nitrogens with two attached hydrogens (primary N) is 1. The topological polar surface area (TPSA) is 126 Å². The van der Waals surface area contributed by atoms with Crippen LogP contribution in [0.1, 0.15) is 27.7 Å². The molecule has 0 aromatic rings. The van der Waals surface area contributed by atoms with E-state index in [1.54, 1.807) is 4.90 Å². The second-order valence-corrected chi connectivity index (χ2v) is 8.09. The number of nitrogens with one attached hydrogen (secondary N) is 2. The zero-order valence-corrected chi connectivity index (χ0v) is 14.9. The van der Waals surface area contributed by atoms with E-state index in [1.165, 1.54) is 0 Å². The fraction of sp³-hybridized carbons (Fsp3) is 0.846. The molecule has 1 fully saturated rings. The SMILES string of the molecule is CCNC(=NCCS(N)(=O)=O)NC1CN(C(=O)OC(C)(C)C)C1. The van der Waals surface area contributed by atoms with Gasteiger partial charge in [0.15, 0.2) is 5.96 Å². The first kappa shape index (κ1) is 19.5. The summed E-state index contributed by atoms with van der Waals surface area (Å²) < 4.78 is 27.1. The van der Waals surface area contributed by atoms with Gasteiger partial charge in [-0.15, -0.1) is 0 Å². The van der Waals surface area contributed by atoms with Gasteiger partial charge in [-0.3, -0.25) is 4.99 Å². The zero-order chi connectivity index (χ0) is 17.7.